The lowest BCUT2D eigenvalue weighted by Gasteiger charge is -2.05. The topological polar surface area (TPSA) is 79.3 Å². The highest BCUT2D eigenvalue weighted by atomic mass is 32.1. The summed E-state index contributed by atoms with van der Waals surface area (Å²) in [7, 11) is 0. The minimum atomic E-state index is -0.902. The van der Waals surface area contributed by atoms with Crippen LogP contribution in [0.25, 0.3) is 0 Å². The Balaban J connectivity index is 2.10. The molecule has 0 spiro atoms. The van der Waals surface area contributed by atoms with Crippen LogP contribution in [0.3, 0.4) is 0 Å². The molecule has 1 heterocycles. The molecule has 92 valence electrons. The van der Waals surface area contributed by atoms with Crippen LogP contribution in [0, 0.1) is 0 Å². The van der Waals surface area contributed by atoms with E-state index in [1.807, 2.05) is 0 Å². The summed E-state index contributed by atoms with van der Waals surface area (Å²) < 4.78 is 0. The van der Waals surface area contributed by atoms with Crippen molar-refractivity contribution < 1.29 is 14.7 Å². The number of aromatic nitrogens is 1. The first kappa shape index (κ1) is 12.3. The van der Waals surface area contributed by atoms with E-state index in [0.29, 0.717) is 16.1 Å². The molecular formula is C12H10N2O3S. The van der Waals surface area contributed by atoms with Crippen molar-refractivity contribution in [3.8, 4) is 0 Å². The molecule has 0 aliphatic carbocycles. The van der Waals surface area contributed by atoms with Crippen LogP contribution in [-0.2, 0) is 11.2 Å². The van der Waals surface area contributed by atoms with Gasteiger partial charge in [-0.1, -0.05) is 12.1 Å². The Bertz CT molecular complexity index is 566. The lowest BCUT2D eigenvalue weighted by atomic mass is 10.1. The van der Waals surface area contributed by atoms with E-state index in [0.717, 1.165) is 0 Å². The van der Waals surface area contributed by atoms with E-state index in [1.165, 1.54) is 17.5 Å². The second kappa shape index (κ2) is 5.42. The van der Waals surface area contributed by atoms with E-state index in [1.54, 1.807) is 29.8 Å². The number of carbonyl (C=O) groups excluding carboxylic acids is 1. The average molecular weight is 262 g/mol. The summed E-state index contributed by atoms with van der Waals surface area (Å²) in [5, 5.41) is 11.4. The van der Waals surface area contributed by atoms with Gasteiger partial charge in [0.05, 0.1) is 18.1 Å². The highest BCUT2D eigenvalue weighted by Crippen LogP contribution is 2.14. The van der Waals surface area contributed by atoms with Crippen molar-refractivity contribution in [3.63, 3.8) is 0 Å². The van der Waals surface area contributed by atoms with Gasteiger partial charge in [0.1, 0.15) is 4.88 Å². The first-order chi connectivity index (χ1) is 8.65. The molecule has 0 aliphatic heterocycles. The van der Waals surface area contributed by atoms with E-state index in [9.17, 15) is 9.59 Å². The molecule has 0 saturated heterocycles. The number of amides is 1. The number of carbonyl (C=O) groups is 2. The van der Waals surface area contributed by atoms with E-state index < -0.39 is 5.97 Å². The summed E-state index contributed by atoms with van der Waals surface area (Å²) in [6, 6.07) is 6.77. The molecule has 0 fully saturated rings. The third-order valence-corrected chi connectivity index (χ3v) is 2.97. The largest absolute Gasteiger partial charge is 0.481 e. The van der Waals surface area contributed by atoms with Crippen molar-refractivity contribution in [1.29, 1.82) is 0 Å². The maximum absolute atomic E-state index is 11.8. The molecule has 1 aromatic carbocycles. The first-order valence-corrected chi connectivity index (χ1v) is 6.03. The minimum absolute atomic E-state index is 0.0652. The van der Waals surface area contributed by atoms with Crippen molar-refractivity contribution in [2.24, 2.45) is 0 Å². The lowest BCUT2D eigenvalue weighted by Crippen LogP contribution is -2.10. The summed E-state index contributed by atoms with van der Waals surface area (Å²) in [6.07, 6.45) is 1.42. The molecule has 1 aromatic heterocycles. The van der Waals surface area contributed by atoms with Crippen LogP contribution in [-0.4, -0.2) is 22.0 Å². The molecule has 0 radical (unpaired) electrons. The smallest absolute Gasteiger partial charge is 0.307 e. The molecular weight excluding hydrogens is 252 g/mol. The van der Waals surface area contributed by atoms with Crippen molar-refractivity contribution in [1.82, 2.24) is 4.98 Å². The molecule has 2 N–H and O–H groups in total. The van der Waals surface area contributed by atoms with Crippen molar-refractivity contribution in [3.05, 3.63) is 46.4 Å². The van der Waals surface area contributed by atoms with Gasteiger partial charge in [-0.25, -0.2) is 0 Å². The number of thiazole rings is 1. The Morgan fingerprint density at radius 1 is 1.39 bits per heavy atom. The minimum Gasteiger partial charge on any atom is -0.481 e. The van der Waals surface area contributed by atoms with E-state index in [2.05, 4.69) is 10.3 Å². The third-order valence-electron chi connectivity index (χ3n) is 2.20. The van der Waals surface area contributed by atoms with Crippen LogP contribution in [0.15, 0.2) is 36.0 Å². The normalized spacial score (nSPS) is 10.0. The van der Waals surface area contributed by atoms with Crippen LogP contribution < -0.4 is 5.32 Å². The number of nitrogens with one attached hydrogen (secondary N) is 1. The average Bonchev–Trinajstić information content (AvgIpc) is 2.81. The second-order valence-corrected chi connectivity index (χ2v) is 4.48. The number of aliphatic carboxylic acids is 1. The molecule has 0 atom stereocenters. The third kappa shape index (κ3) is 3.14. The number of hydrogen-bond acceptors (Lipinski definition) is 4. The first-order valence-electron chi connectivity index (χ1n) is 5.16. The Hall–Kier alpha value is -2.21. The van der Waals surface area contributed by atoms with Crippen molar-refractivity contribution in [2.75, 3.05) is 5.32 Å². The molecule has 2 rings (SSSR count). The van der Waals surface area contributed by atoms with Crippen LogP contribution in [0.5, 0.6) is 0 Å². The van der Waals surface area contributed by atoms with Gasteiger partial charge in [-0.3, -0.25) is 14.6 Å². The van der Waals surface area contributed by atoms with E-state index in [4.69, 9.17) is 5.11 Å². The summed E-state index contributed by atoms with van der Waals surface area (Å²) in [4.78, 5) is 26.7. The predicted molar refractivity (Wildman–Crippen MR) is 67.8 cm³/mol. The number of carboxylic acid groups (broad SMARTS) is 1. The zero-order valence-corrected chi connectivity index (χ0v) is 10.1. The summed E-state index contributed by atoms with van der Waals surface area (Å²) >= 11 is 1.25. The predicted octanol–water partition coefficient (Wildman–Crippen LogP) is 2.02. The van der Waals surface area contributed by atoms with Crippen molar-refractivity contribution in [2.45, 2.75) is 6.42 Å². The summed E-state index contributed by atoms with van der Waals surface area (Å²) in [5.74, 6) is -1.15. The van der Waals surface area contributed by atoms with Crippen LogP contribution in [0.1, 0.15) is 15.2 Å². The standard InChI is InChI=1S/C12H10N2O3S/c15-11(16)5-8-2-1-3-9(4-8)14-12(17)10-6-13-7-18-10/h1-4,6-7H,5H2,(H,14,17)(H,15,16). The zero-order valence-electron chi connectivity index (χ0n) is 9.29. The number of carboxylic acids is 1. The summed E-state index contributed by atoms with van der Waals surface area (Å²) in [5.41, 5.74) is 2.80. The Kier molecular flexibility index (Phi) is 3.69. The Morgan fingerprint density at radius 3 is 2.89 bits per heavy atom. The molecule has 0 unspecified atom stereocenters. The lowest BCUT2D eigenvalue weighted by molar-refractivity contribution is -0.136. The van der Waals surface area contributed by atoms with Gasteiger partial charge in [-0.15, -0.1) is 11.3 Å². The molecule has 1 amide bonds. The van der Waals surface area contributed by atoms with Gasteiger partial charge in [0.2, 0.25) is 0 Å². The number of anilines is 1. The van der Waals surface area contributed by atoms with Crippen LogP contribution in [0.4, 0.5) is 5.69 Å². The van der Waals surface area contributed by atoms with Gasteiger partial charge in [-0.05, 0) is 17.7 Å². The van der Waals surface area contributed by atoms with Gasteiger partial charge in [0.15, 0.2) is 0 Å². The number of rotatable bonds is 4. The van der Waals surface area contributed by atoms with Crippen LogP contribution >= 0.6 is 11.3 Å². The highest BCUT2D eigenvalue weighted by Gasteiger charge is 2.08. The second-order valence-electron chi connectivity index (χ2n) is 3.59. The molecule has 0 bridgehead atoms. The van der Waals surface area contributed by atoms with Gasteiger partial charge in [-0.2, -0.15) is 0 Å². The quantitative estimate of drug-likeness (QED) is 0.883. The van der Waals surface area contributed by atoms with Crippen molar-refractivity contribution >= 4 is 28.9 Å². The molecule has 5 nitrogen and oxygen atoms in total. The van der Waals surface area contributed by atoms with Gasteiger partial charge < -0.3 is 10.4 Å². The zero-order chi connectivity index (χ0) is 13.0. The fourth-order valence-electron chi connectivity index (χ4n) is 1.45. The van der Waals surface area contributed by atoms with Gasteiger partial charge in [0.25, 0.3) is 5.91 Å². The van der Waals surface area contributed by atoms with E-state index >= 15 is 0 Å². The molecule has 2 aromatic rings. The van der Waals surface area contributed by atoms with Crippen LogP contribution in [0.2, 0.25) is 0 Å². The molecule has 18 heavy (non-hydrogen) atoms. The number of nitrogens with zero attached hydrogens (tertiary/aromatic N) is 1. The monoisotopic (exact) mass is 262 g/mol. The fraction of sp³-hybridized carbons (Fsp3) is 0.0833. The number of benzene rings is 1. The SMILES string of the molecule is O=C(O)Cc1cccc(NC(=O)c2cncs2)c1. The highest BCUT2D eigenvalue weighted by molar-refractivity contribution is 7.11. The number of hydrogen-bond donors (Lipinski definition) is 2. The van der Waals surface area contributed by atoms with Gasteiger partial charge >= 0.3 is 5.97 Å². The Labute approximate surface area is 107 Å². The van der Waals surface area contributed by atoms with Gasteiger partial charge in [0, 0.05) is 5.69 Å². The maximum atomic E-state index is 11.8. The fourth-order valence-corrected chi connectivity index (χ4v) is 1.97. The molecule has 0 saturated carbocycles. The van der Waals surface area contributed by atoms with E-state index in [-0.39, 0.29) is 12.3 Å². The summed E-state index contributed by atoms with van der Waals surface area (Å²) in [6.45, 7) is 0. The maximum Gasteiger partial charge on any atom is 0.307 e. The molecule has 0 aliphatic rings. The molecule has 6 heteroatoms. The Morgan fingerprint density at radius 2 is 2.22 bits per heavy atom.